The average molecular weight is 248 g/mol. The van der Waals surface area contributed by atoms with E-state index in [2.05, 4.69) is 11.8 Å². The number of methoxy groups -OCH3 is 1. The lowest BCUT2D eigenvalue weighted by molar-refractivity contribution is 0.0602. The van der Waals surface area contributed by atoms with Crippen LogP contribution in [0.25, 0.3) is 0 Å². The molecule has 0 bridgehead atoms. The van der Waals surface area contributed by atoms with Gasteiger partial charge in [-0.2, -0.15) is 0 Å². The van der Waals surface area contributed by atoms with Crippen molar-refractivity contribution < 1.29 is 9.53 Å². The lowest BCUT2D eigenvalue weighted by Gasteiger charge is -2.25. The molecule has 1 aromatic rings. The molecular formula is C14H20N2O2. The molecule has 0 aliphatic carbocycles. The Morgan fingerprint density at radius 2 is 2.22 bits per heavy atom. The minimum atomic E-state index is -0.371. The van der Waals surface area contributed by atoms with Crippen LogP contribution in [0.2, 0.25) is 0 Å². The molecule has 1 aliphatic heterocycles. The monoisotopic (exact) mass is 248 g/mol. The summed E-state index contributed by atoms with van der Waals surface area (Å²) in [6.07, 6.45) is 2.38. The van der Waals surface area contributed by atoms with E-state index in [9.17, 15) is 4.79 Å². The highest BCUT2D eigenvalue weighted by atomic mass is 16.5. The van der Waals surface area contributed by atoms with Crippen LogP contribution in [0.3, 0.4) is 0 Å². The number of carbonyl (C=O) groups is 1. The zero-order valence-corrected chi connectivity index (χ0v) is 11.2. The maximum Gasteiger partial charge on any atom is 0.340 e. The lowest BCUT2D eigenvalue weighted by atomic mass is 10.1. The molecule has 2 rings (SSSR count). The molecule has 2 N–H and O–H groups in total. The van der Waals surface area contributed by atoms with E-state index >= 15 is 0 Å². The van der Waals surface area contributed by atoms with Crippen molar-refractivity contribution in [2.75, 3.05) is 24.3 Å². The Balaban J connectivity index is 2.43. The number of benzene rings is 1. The molecule has 1 saturated heterocycles. The van der Waals surface area contributed by atoms with E-state index in [4.69, 9.17) is 10.5 Å². The molecule has 1 unspecified atom stereocenters. The van der Waals surface area contributed by atoms with Gasteiger partial charge in [-0.25, -0.2) is 4.79 Å². The summed E-state index contributed by atoms with van der Waals surface area (Å²) in [5.41, 5.74) is 8.90. The summed E-state index contributed by atoms with van der Waals surface area (Å²) in [7, 11) is 1.38. The van der Waals surface area contributed by atoms with Crippen LogP contribution in [0, 0.1) is 6.92 Å². The molecule has 0 radical (unpaired) electrons. The predicted octanol–water partition coefficient (Wildman–Crippen LogP) is 2.35. The van der Waals surface area contributed by atoms with Gasteiger partial charge < -0.3 is 15.4 Å². The Hall–Kier alpha value is -1.71. The average Bonchev–Trinajstić information content (AvgIpc) is 2.78. The van der Waals surface area contributed by atoms with E-state index in [1.165, 1.54) is 20.0 Å². The molecular weight excluding hydrogens is 228 g/mol. The van der Waals surface area contributed by atoms with Crippen LogP contribution in [-0.2, 0) is 4.74 Å². The maximum atomic E-state index is 11.7. The highest BCUT2D eigenvalue weighted by Crippen LogP contribution is 2.30. The zero-order chi connectivity index (χ0) is 13.3. The number of rotatable bonds is 2. The van der Waals surface area contributed by atoms with E-state index in [1.54, 1.807) is 0 Å². The van der Waals surface area contributed by atoms with Crippen molar-refractivity contribution in [3.05, 3.63) is 23.3 Å². The van der Waals surface area contributed by atoms with Gasteiger partial charge in [0.15, 0.2) is 0 Å². The number of ether oxygens (including phenoxy) is 1. The third-order valence-electron chi connectivity index (χ3n) is 3.66. The Morgan fingerprint density at radius 1 is 1.50 bits per heavy atom. The van der Waals surface area contributed by atoms with Crippen molar-refractivity contribution >= 4 is 17.3 Å². The van der Waals surface area contributed by atoms with Gasteiger partial charge in [0.1, 0.15) is 0 Å². The minimum absolute atomic E-state index is 0.371. The Morgan fingerprint density at radius 3 is 2.78 bits per heavy atom. The lowest BCUT2D eigenvalue weighted by Crippen LogP contribution is -2.26. The van der Waals surface area contributed by atoms with Gasteiger partial charge in [0, 0.05) is 24.0 Å². The van der Waals surface area contributed by atoms with E-state index in [0.717, 1.165) is 17.8 Å². The second-order valence-corrected chi connectivity index (χ2v) is 4.90. The second-order valence-electron chi connectivity index (χ2n) is 4.90. The fourth-order valence-electron chi connectivity index (χ4n) is 2.54. The predicted molar refractivity (Wildman–Crippen MR) is 73.0 cm³/mol. The molecule has 1 aliphatic rings. The van der Waals surface area contributed by atoms with Gasteiger partial charge in [-0.1, -0.05) is 0 Å². The van der Waals surface area contributed by atoms with Gasteiger partial charge in [0.25, 0.3) is 0 Å². The Kier molecular flexibility index (Phi) is 3.45. The van der Waals surface area contributed by atoms with E-state index in [1.807, 2.05) is 19.1 Å². The first-order valence-electron chi connectivity index (χ1n) is 6.29. The summed E-state index contributed by atoms with van der Waals surface area (Å²) in [6.45, 7) is 5.16. The zero-order valence-electron chi connectivity index (χ0n) is 11.2. The normalized spacial score (nSPS) is 19.1. The highest BCUT2D eigenvalue weighted by molar-refractivity contribution is 5.97. The summed E-state index contributed by atoms with van der Waals surface area (Å²) in [5.74, 6) is -0.371. The molecule has 1 fully saturated rings. The molecule has 18 heavy (non-hydrogen) atoms. The molecule has 98 valence electrons. The van der Waals surface area contributed by atoms with Gasteiger partial charge in [-0.05, 0) is 44.4 Å². The van der Waals surface area contributed by atoms with Crippen LogP contribution in [0.4, 0.5) is 11.4 Å². The van der Waals surface area contributed by atoms with Crippen LogP contribution in [0.5, 0.6) is 0 Å². The summed E-state index contributed by atoms with van der Waals surface area (Å²) < 4.78 is 4.78. The van der Waals surface area contributed by atoms with E-state index < -0.39 is 0 Å². The SMILES string of the molecule is COC(=O)c1cc(N2CCCC2C)cc(C)c1N. The number of carbonyl (C=O) groups excluding carboxylic acids is 1. The molecule has 1 aromatic carbocycles. The van der Waals surface area contributed by atoms with Gasteiger partial charge in [0.2, 0.25) is 0 Å². The molecule has 0 amide bonds. The largest absolute Gasteiger partial charge is 0.465 e. The number of anilines is 2. The van der Waals surface area contributed by atoms with Crippen LogP contribution in [0.1, 0.15) is 35.7 Å². The third kappa shape index (κ3) is 2.15. The number of nitrogens with zero attached hydrogens (tertiary/aromatic N) is 1. The molecule has 0 aromatic heterocycles. The highest BCUT2D eigenvalue weighted by Gasteiger charge is 2.23. The fraction of sp³-hybridized carbons (Fsp3) is 0.500. The molecule has 1 heterocycles. The van der Waals surface area contributed by atoms with Crippen LogP contribution in [-0.4, -0.2) is 25.7 Å². The van der Waals surface area contributed by atoms with Gasteiger partial charge >= 0.3 is 5.97 Å². The summed E-state index contributed by atoms with van der Waals surface area (Å²) >= 11 is 0. The first kappa shape index (κ1) is 12.7. The summed E-state index contributed by atoms with van der Waals surface area (Å²) in [4.78, 5) is 14.0. The maximum absolute atomic E-state index is 11.7. The standard InChI is InChI=1S/C14H20N2O2/c1-9-7-11(16-6-4-5-10(16)2)8-12(13(9)15)14(17)18-3/h7-8,10H,4-6,15H2,1-3H3. The number of aryl methyl sites for hydroxylation is 1. The van der Waals surface area contributed by atoms with Crippen molar-refractivity contribution in [2.24, 2.45) is 0 Å². The number of nitrogen functional groups attached to an aromatic ring is 1. The van der Waals surface area contributed by atoms with Gasteiger partial charge in [-0.3, -0.25) is 0 Å². The van der Waals surface area contributed by atoms with Gasteiger partial charge in [0.05, 0.1) is 12.7 Å². The first-order valence-corrected chi connectivity index (χ1v) is 6.29. The fourth-order valence-corrected chi connectivity index (χ4v) is 2.54. The Bertz CT molecular complexity index is 471. The number of hydrogen-bond acceptors (Lipinski definition) is 4. The molecule has 4 nitrogen and oxygen atoms in total. The van der Waals surface area contributed by atoms with Gasteiger partial charge in [-0.15, -0.1) is 0 Å². The molecule has 1 atom stereocenters. The van der Waals surface area contributed by atoms with Crippen molar-refractivity contribution in [1.82, 2.24) is 0 Å². The van der Waals surface area contributed by atoms with Crippen LogP contribution in [0.15, 0.2) is 12.1 Å². The first-order chi connectivity index (χ1) is 8.54. The quantitative estimate of drug-likeness (QED) is 0.645. The van der Waals surface area contributed by atoms with Crippen molar-refractivity contribution in [2.45, 2.75) is 32.7 Å². The summed E-state index contributed by atoms with van der Waals surface area (Å²) in [5, 5.41) is 0. The Labute approximate surface area is 108 Å². The van der Waals surface area contributed by atoms with Crippen molar-refractivity contribution in [1.29, 1.82) is 0 Å². The number of esters is 1. The van der Waals surface area contributed by atoms with Crippen LogP contribution >= 0.6 is 0 Å². The second kappa shape index (κ2) is 4.88. The molecule has 0 spiro atoms. The van der Waals surface area contributed by atoms with E-state index in [-0.39, 0.29) is 5.97 Å². The smallest absolute Gasteiger partial charge is 0.340 e. The number of nitrogens with two attached hydrogens (primary N) is 1. The molecule has 0 saturated carbocycles. The van der Waals surface area contributed by atoms with Crippen LogP contribution < -0.4 is 10.6 Å². The topological polar surface area (TPSA) is 55.6 Å². The van der Waals surface area contributed by atoms with Crippen molar-refractivity contribution in [3.8, 4) is 0 Å². The minimum Gasteiger partial charge on any atom is -0.465 e. The molecule has 4 heteroatoms. The third-order valence-corrected chi connectivity index (χ3v) is 3.66. The number of hydrogen-bond donors (Lipinski definition) is 1. The van der Waals surface area contributed by atoms with E-state index in [0.29, 0.717) is 17.3 Å². The summed E-state index contributed by atoms with van der Waals surface area (Å²) in [6, 6.07) is 4.40. The van der Waals surface area contributed by atoms with Crippen molar-refractivity contribution in [3.63, 3.8) is 0 Å².